The highest BCUT2D eigenvalue weighted by Gasteiger charge is 2.15. The Hall–Kier alpha value is -1.74. The maximum atomic E-state index is 10.2. The van der Waals surface area contributed by atoms with Crippen molar-refractivity contribution in [2.45, 2.75) is 19.4 Å². The molecule has 0 bridgehead atoms. The molecule has 0 radical (unpaired) electrons. The Bertz CT molecular complexity index is 448. The number of ether oxygens (including phenoxy) is 1. The molecule has 1 aromatic carbocycles. The first-order valence-corrected chi connectivity index (χ1v) is 5.74. The lowest BCUT2D eigenvalue weighted by molar-refractivity contribution is 0.209. The fraction of sp³-hybridized carbons (Fsp3) is 0.286. The summed E-state index contributed by atoms with van der Waals surface area (Å²) < 4.78 is 10.6. The highest BCUT2D eigenvalue weighted by molar-refractivity contribution is 5.39. The minimum Gasteiger partial charge on any atom is -0.493 e. The van der Waals surface area contributed by atoms with Gasteiger partial charge in [-0.2, -0.15) is 0 Å². The van der Waals surface area contributed by atoms with Crippen LogP contribution in [0.2, 0.25) is 0 Å². The van der Waals surface area contributed by atoms with Crippen LogP contribution in [0.4, 0.5) is 0 Å². The number of benzene rings is 1. The zero-order chi connectivity index (χ0) is 12.1. The second-order valence-electron chi connectivity index (χ2n) is 3.85. The van der Waals surface area contributed by atoms with Gasteiger partial charge in [0.15, 0.2) is 0 Å². The number of aliphatic hydroxyl groups excluding tert-OH is 1. The van der Waals surface area contributed by atoms with E-state index >= 15 is 0 Å². The van der Waals surface area contributed by atoms with Crippen molar-refractivity contribution in [2.24, 2.45) is 0 Å². The Labute approximate surface area is 101 Å². The molecule has 1 N–H and O–H groups in total. The largest absolute Gasteiger partial charge is 0.493 e. The molecular formula is C14H16O3. The summed E-state index contributed by atoms with van der Waals surface area (Å²) >= 11 is 0. The zero-order valence-corrected chi connectivity index (χ0v) is 9.80. The topological polar surface area (TPSA) is 42.6 Å². The predicted octanol–water partition coefficient (Wildman–Crippen LogP) is 3.15. The average molecular weight is 232 g/mol. The van der Waals surface area contributed by atoms with E-state index in [1.165, 1.54) is 0 Å². The molecule has 0 fully saturated rings. The fourth-order valence-electron chi connectivity index (χ4n) is 1.66. The van der Waals surface area contributed by atoms with Gasteiger partial charge >= 0.3 is 0 Å². The molecule has 1 aromatic heterocycles. The molecule has 0 saturated heterocycles. The van der Waals surface area contributed by atoms with Crippen molar-refractivity contribution in [2.75, 3.05) is 6.61 Å². The summed E-state index contributed by atoms with van der Waals surface area (Å²) in [7, 11) is 0. The normalized spacial score (nSPS) is 12.4. The van der Waals surface area contributed by atoms with Crippen LogP contribution < -0.4 is 4.74 Å². The first-order valence-electron chi connectivity index (χ1n) is 5.74. The van der Waals surface area contributed by atoms with E-state index in [0.29, 0.717) is 6.61 Å². The SMILES string of the molecule is CCCOc1ccccc1C(O)c1ccoc1. The van der Waals surface area contributed by atoms with Crippen molar-refractivity contribution in [3.05, 3.63) is 54.0 Å². The number of aliphatic hydroxyl groups is 1. The van der Waals surface area contributed by atoms with Crippen molar-refractivity contribution in [3.63, 3.8) is 0 Å². The first-order chi connectivity index (χ1) is 8.33. The average Bonchev–Trinajstić information content (AvgIpc) is 2.89. The Balaban J connectivity index is 2.25. The van der Waals surface area contributed by atoms with Crippen molar-refractivity contribution >= 4 is 0 Å². The lowest BCUT2D eigenvalue weighted by Gasteiger charge is -2.14. The van der Waals surface area contributed by atoms with Gasteiger partial charge in [-0.25, -0.2) is 0 Å². The lowest BCUT2D eigenvalue weighted by atomic mass is 10.0. The van der Waals surface area contributed by atoms with Gasteiger partial charge in [0.1, 0.15) is 11.9 Å². The molecule has 0 amide bonds. The maximum Gasteiger partial charge on any atom is 0.125 e. The highest BCUT2D eigenvalue weighted by Crippen LogP contribution is 2.30. The summed E-state index contributed by atoms with van der Waals surface area (Å²) in [5.74, 6) is 0.725. The van der Waals surface area contributed by atoms with E-state index in [2.05, 4.69) is 6.92 Å². The Morgan fingerprint density at radius 3 is 2.82 bits per heavy atom. The maximum absolute atomic E-state index is 10.2. The summed E-state index contributed by atoms with van der Waals surface area (Å²) in [4.78, 5) is 0. The molecule has 2 aromatic rings. The summed E-state index contributed by atoms with van der Waals surface area (Å²) in [5.41, 5.74) is 1.50. The number of hydrogen-bond donors (Lipinski definition) is 1. The van der Waals surface area contributed by atoms with Gasteiger partial charge in [-0.1, -0.05) is 25.1 Å². The molecule has 1 unspecified atom stereocenters. The van der Waals surface area contributed by atoms with E-state index in [0.717, 1.165) is 23.3 Å². The Morgan fingerprint density at radius 1 is 1.29 bits per heavy atom. The third-order valence-electron chi connectivity index (χ3n) is 2.53. The van der Waals surface area contributed by atoms with E-state index < -0.39 is 6.10 Å². The molecule has 0 saturated carbocycles. The minimum atomic E-state index is -0.707. The molecule has 0 aliphatic heterocycles. The van der Waals surface area contributed by atoms with Gasteiger partial charge in [-0.05, 0) is 18.6 Å². The van der Waals surface area contributed by atoms with Crippen molar-refractivity contribution in [1.82, 2.24) is 0 Å². The summed E-state index contributed by atoms with van der Waals surface area (Å²) in [5, 5.41) is 10.2. The van der Waals surface area contributed by atoms with Crippen LogP contribution in [0.1, 0.15) is 30.6 Å². The van der Waals surface area contributed by atoms with Gasteiger partial charge in [-0.3, -0.25) is 0 Å². The zero-order valence-electron chi connectivity index (χ0n) is 9.80. The predicted molar refractivity (Wildman–Crippen MR) is 65.0 cm³/mol. The van der Waals surface area contributed by atoms with Crippen LogP contribution in [0.25, 0.3) is 0 Å². The Kier molecular flexibility index (Phi) is 3.83. The summed E-state index contributed by atoms with van der Waals surface area (Å²) in [6, 6.07) is 9.27. The molecule has 3 nitrogen and oxygen atoms in total. The fourth-order valence-corrected chi connectivity index (χ4v) is 1.66. The van der Waals surface area contributed by atoms with Crippen LogP contribution in [-0.4, -0.2) is 11.7 Å². The second-order valence-corrected chi connectivity index (χ2v) is 3.85. The number of hydrogen-bond acceptors (Lipinski definition) is 3. The molecule has 1 atom stereocenters. The van der Waals surface area contributed by atoms with Gasteiger partial charge in [0, 0.05) is 11.1 Å². The molecule has 3 heteroatoms. The number of rotatable bonds is 5. The van der Waals surface area contributed by atoms with Crippen LogP contribution in [-0.2, 0) is 0 Å². The van der Waals surface area contributed by atoms with E-state index in [1.54, 1.807) is 18.6 Å². The van der Waals surface area contributed by atoms with E-state index in [1.807, 2.05) is 24.3 Å². The van der Waals surface area contributed by atoms with Crippen molar-refractivity contribution < 1.29 is 14.3 Å². The van der Waals surface area contributed by atoms with Crippen molar-refractivity contribution in [3.8, 4) is 5.75 Å². The molecule has 17 heavy (non-hydrogen) atoms. The number of furan rings is 1. The third kappa shape index (κ3) is 2.68. The summed E-state index contributed by atoms with van der Waals surface area (Å²) in [6.45, 7) is 2.70. The van der Waals surface area contributed by atoms with Gasteiger partial charge in [0.05, 0.1) is 19.1 Å². The summed E-state index contributed by atoms with van der Waals surface area (Å²) in [6.07, 6.45) is 3.33. The smallest absolute Gasteiger partial charge is 0.125 e. The quantitative estimate of drug-likeness (QED) is 0.861. The standard InChI is InChI=1S/C14H16O3/c1-2-8-17-13-6-4-3-5-12(13)14(15)11-7-9-16-10-11/h3-7,9-10,14-15H,2,8H2,1H3. The van der Waals surface area contributed by atoms with Crippen LogP contribution in [0.3, 0.4) is 0 Å². The van der Waals surface area contributed by atoms with Crippen LogP contribution in [0.15, 0.2) is 47.3 Å². The molecule has 2 rings (SSSR count). The molecule has 0 aliphatic carbocycles. The van der Waals surface area contributed by atoms with Gasteiger partial charge in [-0.15, -0.1) is 0 Å². The lowest BCUT2D eigenvalue weighted by Crippen LogP contribution is -2.03. The molecular weight excluding hydrogens is 216 g/mol. The van der Waals surface area contributed by atoms with Gasteiger partial charge in [0.25, 0.3) is 0 Å². The van der Waals surface area contributed by atoms with E-state index in [9.17, 15) is 5.11 Å². The first kappa shape index (κ1) is 11.7. The highest BCUT2D eigenvalue weighted by atomic mass is 16.5. The van der Waals surface area contributed by atoms with Crippen LogP contribution in [0.5, 0.6) is 5.75 Å². The third-order valence-corrected chi connectivity index (χ3v) is 2.53. The van der Waals surface area contributed by atoms with Crippen molar-refractivity contribution in [1.29, 1.82) is 0 Å². The Morgan fingerprint density at radius 2 is 2.12 bits per heavy atom. The van der Waals surface area contributed by atoms with Crippen LogP contribution >= 0.6 is 0 Å². The van der Waals surface area contributed by atoms with Gasteiger partial charge < -0.3 is 14.3 Å². The molecule has 0 aliphatic rings. The van der Waals surface area contributed by atoms with Gasteiger partial charge in [0.2, 0.25) is 0 Å². The second kappa shape index (κ2) is 5.55. The number of para-hydroxylation sites is 1. The molecule has 0 spiro atoms. The molecule has 1 heterocycles. The monoisotopic (exact) mass is 232 g/mol. The minimum absolute atomic E-state index is 0.648. The molecule has 90 valence electrons. The van der Waals surface area contributed by atoms with E-state index in [4.69, 9.17) is 9.15 Å². The van der Waals surface area contributed by atoms with E-state index in [-0.39, 0.29) is 0 Å². The van der Waals surface area contributed by atoms with Crippen LogP contribution in [0, 0.1) is 0 Å².